The first-order valence-corrected chi connectivity index (χ1v) is 7.93. The molecule has 0 amide bonds. The average molecular weight is 273 g/mol. The van der Waals surface area contributed by atoms with Gasteiger partial charge in [0.25, 0.3) is 0 Å². The van der Waals surface area contributed by atoms with E-state index in [9.17, 15) is 4.79 Å². The van der Waals surface area contributed by atoms with E-state index in [0.717, 1.165) is 6.54 Å². The number of Topliss-reactive ketones (excluding diaryl/α,β-unsaturated/α-hetero) is 1. The Morgan fingerprint density at radius 2 is 2.00 bits per heavy atom. The molecule has 1 aliphatic rings. The van der Waals surface area contributed by atoms with Gasteiger partial charge in [-0.3, -0.25) is 9.69 Å². The summed E-state index contributed by atoms with van der Waals surface area (Å²) in [5, 5.41) is 0. The number of ketones is 1. The predicted molar refractivity (Wildman–Crippen MR) is 83.9 cm³/mol. The van der Waals surface area contributed by atoms with Gasteiger partial charge in [0.2, 0.25) is 0 Å². The Hall–Kier alpha value is -1.15. The zero-order chi connectivity index (χ0) is 14.5. The molecule has 2 heteroatoms. The van der Waals surface area contributed by atoms with Gasteiger partial charge in [-0.15, -0.1) is 0 Å². The summed E-state index contributed by atoms with van der Waals surface area (Å²) in [7, 11) is 0. The van der Waals surface area contributed by atoms with Crippen molar-refractivity contribution in [3.05, 3.63) is 35.4 Å². The van der Waals surface area contributed by atoms with E-state index in [4.69, 9.17) is 0 Å². The highest BCUT2D eigenvalue weighted by molar-refractivity contribution is 5.76. The maximum absolute atomic E-state index is 11.7. The van der Waals surface area contributed by atoms with Crippen LogP contribution < -0.4 is 0 Å². The molecule has 1 fully saturated rings. The number of likely N-dealkylation sites (tertiary alicyclic amines) is 1. The van der Waals surface area contributed by atoms with E-state index in [1.807, 2.05) is 0 Å². The van der Waals surface area contributed by atoms with E-state index in [1.54, 1.807) is 6.92 Å². The molecule has 0 N–H and O–H groups in total. The molecule has 110 valence electrons. The van der Waals surface area contributed by atoms with Gasteiger partial charge in [0, 0.05) is 18.5 Å². The summed E-state index contributed by atoms with van der Waals surface area (Å²) in [6.07, 6.45) is 5.68. The number of carbonyl (C=O) groups excluding carboxylic acids is 1. The number of nitrogens with zero attached hydrogens (tertiary/aromatic N) is 1. The normalized spacial score (nSPS) is 21.6. The van der Waals surface area contributed by atoms with Crippen LogP contribution in [0.4, 0.5) is 0 Å². The standard InChI is InChI=1S/C18H27NO/c1-4-17-7-5-6-12-19(17)18(13-15(3)20)16-10-8-14(2)9-11-16/h8-11,17-18H,4-7,12-13H2,1-3H3. The number of hydrogen-bond donors (Lipinski definition) is 0. The van der Waals surface area contributed by atoms with Gasteiger partial charge in [-0.25, -0.2) is 0 Å². The second-order valence-electron chi connectivity index (χ2n) is 6.13. The highest BCUT2D eigenvalue weighted by Crippen LogP contribution is 2.32. The molecule has 2 nitrogen and oxygen atoms in total. The molecule has 0 bridgehead atoms. The number of rotatable bonds is 5. The van der Waals surface area contributed by atoms with Crippen LogP contribution in [0.2, 0.25) is 0 Å². The largest absolute Gasteiger partial charge is 0.300 e. The van der Waals surface area contributed by atoms with Crippen LogP contribution in [0.5, 0.6) is 0 Å². The molecule has 2 atom stereocenters. The molecule has 0 aromatic heterocycles. The van der Waals surface area contributed by atoms with Crippen LogP contribution in [-0.4, -0.2) is 23.3 Å². The van der Waals surface area contributed by atoms with E-state index in [0.29, 0.717) is 12.5 Å². The Kier molecular flexibility index (Phi) is 5.36. The quantitative estimate of drug-likeness (QED) is 0.798. The summed E-state index contributed by atoms with van der Waals surface area (Å²) in [6, 6.07) is 9.61. The number of benzene rings is 1. The van der Waals surface area contributed by atoms with Crippen molar-refractivity contribution in [2.45, 2.75) is 65.0 Å². The summed E-state index contributed by atoms with van der Waals surface area (Å²) in [5.74, 6) is 0.288. The van der Waals surface area contributed by atoms with Crippen molar-refractivity contribution in [3.63, 3.8) is 0 Å². The lowest BCUT2D eigenvalue weighted by atomic mass is 9.92. The van der Waals surface area contributed by atoms with E-state index in [1.165, 1.54) is 36.8 Å². The summed E-state index contributed by atoms with van der Waals surface area (Å²) >= 11 is 0. The molecule has 1 aromatic carbocycles. The lowest BCUT2D eigenvalue weighted by Crippen LogP contribution is -2.42. The molecule has 2 unspecified atom stereocenters. The smallest absolute Gasteiger partial charge is 0.131 e. The summed E-state index contributed by atoms with van der Waals surface area (Å²) < 4.78 is 0. The van der Waals surface area contributed by atoms with Gasteiger partial charge < -0.3 is 0 Å². The molecule has 0 saturated carbocycles. The van der Waals surface area contributed by atoms with E-state index < -0.39 is 0 Å². The van der Waals surface area contributed by atoms with Crippen molar-refractivity contribution in [2.24, 2.45) is 0 Å². The number of carbonyl (C=O) groups is 1. The number of aryl methyl sites for hydroxylation is 1. The molecule has 20 heavy (non-hydrogen) atoms. The maximum Gasteiger partial charge on any atom is 0.131 e. The summed E-state index contributed by atoms with van der Waals surface area (Å²) in [6.45, 7) is 7.22. The van der Waals surface area contributed by atoms with Crippen LogP contribution in [0.25, 0.3) is 0 Å². The Balaban J connectivity index is 2.25. The van der Waals surface area contributed by atoms with Gasteiger partial charge in [-0.05, 0) is 45.2 Å². The first kappa shape index (κ1) is 15.2. The Labute approximate surface area is 123 Å². The molecule has 1 aromatic rings. The zero-order valence-electron chi connectivity index (χ0n) is 13.1. The number of hydrogen-bond acceptors (Lipinski definition) is 2. The van der Waals surface area contributed by atoms with Crippen LogP contribution in [0, 0.1) is 6.92 Å². The van der Waals surface area contributed by atoms with E-state index in [-0.39, 0.29) is 11.8 Å². The third-order valence-corrected chi connectivity index (χ3v) is 4.49. The fourth-order valence-corrected chi connectivity index (χ4v) is 3.36. The van der Waals surface area contributed by atoms with Gasteiger partial charge in [-0.2, -0.15) is 0 Å². The highest BCUT2D eigenvalue weighted by atomic mass is 16.1. The predicted octanol–water partition coefficient (Wildman–Crippen LogP) is 4.28. The molecule has 0 spiro atoms. The molecule has 1 heterocycles. The zero-order valence-corrected chi connectivity index (χ0v) is 13.1. The van der Waals surface area contributed by atoms with Crippen LogP contribution in [-0.2, 0) is 4.79 Å². The Bertz CT molecular complexity index is 437. The molecule has 2 rings (SSSR count). The van der Waals surface area contributed by atoms with Gasteiger partial charge in [0.1, 0.15) is 5.78 Å². The van der Waals surface area contributed by atoms with Crippen molar-refractivity contribution in [2.75, 3.05) is 6.54 Å². The maximum atomic E-state index is 11.7. The molecule has 1 saturated heterocycles. The first-order chi connectivity index (χ1) is 9.61. The summed E-state index contributed by atoms with van der Waals surface area (Å²) in [4.78, 5) is 14.3. The molecule has 0 aliphatic carbocycles. The third kappa shape index (κ3) is 3.69. The van der Waals surface area contributed by atoms with Crippen molar-refractivity contribution < 1.29 is 4.79 Å². The van der Waals surface area contributed by atoms with Gasteiger partial charge in [-0.1, -0.05) is 43.2 Å². The minimum Gasteiger partial charge on any atom is -0.300 e. The lowest BCUT2D eigenvalue weighted by Gasteiger charge is -2.41. The van der Waals surface area contributed by atoms with Crippen LogP contribution >= 0.6 is 0 Å². The molecular formula is C18H27NO. The molecule has 0 radical (unpaired) electrons. The Morgan fingerprint density at radius 3 is 2.60 bits per heavy atom. The number of piperidine rings is 1. The van der Waals surface area contributed by atoms with E-state index >= 15 is 0 Å². The third-order valence-electron chi connectivity index (χ3n) is 4.49. The van der Waals surface area contributed by atoms with Crippen molar-refractivity contribution in [1.82, 2.24) is 4.90 Å². The SMILES string of the molecule is CCC1CCCCN1C(CC(C)=O)c1ccc(C)cc1. The van der Waals surface area contributed by atoms with Crippen LogP contribution in [0.1, 0.15) is 63.1 Å². The first-order valence-electron chi connectivity index (χ1n) is 7.93. The monoisotopic (exact) mass is 273 g/mol. The van der Waals surface area contributed by atoms with Crippen molar-refractivity contribution >= 4 is 5.78 Å². The molecular weight excluding hydrogens is 246 g/mol. The van der Waals surface area contributed by atoms with Gasteiger partial charge >= 0.3 is 0 Å². The van der Waals surface area contributed by atoms with Crippen molar-refractivity contribution in [1.29, 1.82) is 0 Å². The van der Waals surface area contributed by atoms with Crippen LogP contribution in [0.3, 0.4) is 0 Å². The molecule has 1 aliphatic heterocycles. The fourth-order valence-electron chi connectivity index (χ4n) is 3.36. The fraction of sp³-hybridized carbons (Fsp3) is 0.611. The second kappa shape index (κ2) is 7.03. The minimum atomic E-state index is 0.262. The average Bonchev–Trinajstić information content (AvgIpc) is 2.45. The van der Waals surface area contributed by atoms with E-state index in [2.05, 4.69) is 43.0 Å². The Morgan fingerprint density at radius 1 is 1.30 bits per heavy atom. The topological polar surface area (TPSA) is 20.3 Å². The minimum absolute atomic E-state index is 0.262. The second-order valence-corrected chi connectivity index (χ2v) is 6.13. The van der Waals surface area contributed by atoms with Crippen molar-refractivity contribution in [3.8, 4) is 0 Å². The van der Waals surface area contributed by atoms with Gasteiger partial charge in [0.05, 0.1) is 0 Å². The summed E-state index contributed by atoms with van der Waals surface area (Å²) in [5.41, 5.74) is 2.58. The van der Waals surface area contributed by atoms with Gasteiger partial charge in [0.15, 0.2) is 0 Å². The lowest BCUT2D eigenvalue weighted by molar-refractivity contribution is -0.118. The van der Waals surface area contributed by atoms with Crippen LogP contribution in [0.15, 0.2) is 24.3 Å². The highest BCUT2D eigenvalue weighted by Gasteiger charge is 2.29.